The maximum atomic E-state index is 12.5. The lowest BCUT2D eigenvalue weighted by molar-refractivity contribution is 0.275. The second-order valence-electron chi connectivity index (χ2n) is 4.19. The van der Waals surface area contributed by atoms with Crippen molar-refractivity contribution in [3.8, 4) is 11.3 Å². The van der Waals surface area contributed by atoms with Gasteiger partial charge in [0.2, 0.25) is 0 Å². The van der Waals surface area contributed by atoms with Gasteiger partial charge < -0.3 is 10.8 Å². The third kappa shape index (κ3) is 1.82. The first-order chi connectivity index (χ1) is 9.72. The summed E-state index contributed by atoms with van der Waals surface area (Å²) < 4.78 is 2.71. The lowest BCUT2D eigenvalue weighted by atomic mass is 10.1. The lowest BCUT2D eigenvalue weighted by Gasteiger charge is -2.09. The Morgan fingerprint density at radius 1 is 1.30 bits per heavy atom. The van der Waals surface area contributed by atoms with Crippen LogP contribution in [0.2, 0.25) is 0 Å². The molecule has 0 unspecified atom stereocenters. The molecule has 0 amide bonds. The van der Waals surface area contributed by atoms with Crippen LogP contribution in [0.25, 0.3) is 17.0 Å². The quantitative estimate of drug-likeness (QED) is 0.623. The van der Waals surface area contributed by atoms with Gasteiger partial charge in [0.25, 0.3) is 11.3 Å². The van der Waals surface area contributed by atoms with Crippen LogP contribution in [-0.2, 0) is 6.54 Å². The number of nitrogen functional groups attached to an aromatic ring is 1. The van der Waals surface area contributed by atoms with E-state index in [0.717, 1.165) is 0 Å². The molecule has 8 heteroatoms. The molecule has 2 heterocycles. The van der Waals surface area contributed by atoms with E-state index in [1.807, 2.05) is 0 Å². The van der Waals surface area contributed by atoms with Gasteiger partial charge in [0.1, 0.15) is 6.33 Å². The van der Waals surface area contributed by atoms with Crippen LogP contribution in [0.3, 0.4) is 0 Å². The van der Waals surface area contributed by atoms with E-state index in [1.165, 1.54) is 15.4 Å². The number of aromatic nitrogens is 5. The van der Waals surface area contributed by atoms with Crippen LogP contribution in [0.15, 0.2) is 35.4 Å². The molecule has 0 saturated heterocycles. The van der Waals surface area contributed by atoms with Gasteiger partial charge in [-0.1, -0.05) is 18.2 Å². The third-order valence-electron chi connectivity index (χ3n) is 2.95. The summed E-state index contributed by atoms with van der Waals surface area (Å²) >= 11 is 0. The number of aliphatic hydroxyl groups excluding tert-OH is 1. The van der Waals surface area contributed by atoms with E-state index in [0.29, 0.717) is 11.3 Å². The summed E-state index contributed by atoms with van der Waals surface area (Å²) in [5.74, 6) is 0.280. The van der Waals surface area contributed by atoms with Crippen molar-refractivity contribution >= 4 is 11.5 Å². The minimum absolute atomic E-state index is 0.114. The molecule has 0 saturated carbocycles. The van der Waals surface area contributed by atoms with Crippen molar-refractivity contribution in [2.75, 3.05) is 12.3 Å². The van der Waals surface area contributed by atoms with Crippen LogP contribution in [0.4, 0.5) is 5.69 Å². The standard InChI is InChI=1S/C12H12N6O2/c13-9-4-2-1-3-8(9)10-11(20)17(5-6-19)12-15-14-7-18(12)16-10/h1-4,7,19H,5-6,13H2. The smallest absolute Gasteiger partial charge is 0.281 e. The summed E-state index contributed by atoms with van der Waals surface area (Å²) in [6.07, 6.45) is 1.39. The Kier molecular flexibility index (Phi) is 2.92. The number of nitrogens with two attached hydrogens (primary N) is 1. The molecule has 0 atom stereocenters. The predicted molar refractivity (Wildman–Crippen MR) is 72.0 cm³/mol. The van der Waals surface area contributed by atoms with Crippen LogP contribution in [0, 0.1) is 0 Å². The van der Waals surface area contributed by atoms with E-state index in [2.05, 4.69) is 15.3 Å². The summed E-state index contributed by atoms with van der Waals surface area (Å²) in [5.41, 5.74) is 6.72. The molecule has 20 heavy (non-hydrogen) atoms. The molecule has 0 aliphatic carbocycles. The second-order valence-corrected chi connectivity index (χ2v) is 4.19. The molecule has 0 radical (unpaired) electrons. The molecule has 1 aromatic carbocycles. The Morgan fingerprint density at radius 3 is 2.85 bits per heavy atom. The van der Waals surface area contributed by atoms with Crippen LogP contribution >= 0.6 is 0 Å². The minimum Gasteiger partial charge on any atom is -0.398 e. The van der Waals surface area contributed by atoms with Gasteiger partial charge >= 0.3 is 0 Å². The van der Waals surface area contributed by atoms with Gasteiger partial charge in [-0.05, 0) is 6.07 Å². The Balaban J connectivity index is 2.34. The molecule has 3 N–H and O–H groups in total. The topological polar surface area (TPSA) is 111 Å². The largest absolute Gasteiger partial charge is 0.398 e. The molecule has 3 aromatic rings. The first-order valence-corrected chi connectivity index (χ1v) is 5.99. The Morgan fingerprint density at radius 2 is 2.10 bits per heavy atom. The van der Waals surface area contributed by atoms with Crippen molar-refractivity contribution in [2.45, 2.75) is 6.54 Å². The number of hydrogen-bond acceptors (Lipinski definition) is 6. The summed E-state index contributed by atoms with van der Waals surface area (Å²) in [6.45, 7) is -0.0700. The monoisotopic (exact) mass is 272 g/mol. The zero-order valence-electron chi connectivity index (χ0n) is 10.5. The van der Waals surface area contributed by atoms with E-state index in [-0.39, 0.29) is 30.2 Å². The van der Waals surface area contributed by atoms with Crippen molar-refractivity contribution in [3.63, 3.8) is 0 Å². The normalized spacial score (nSPS) is 11.1. The molecule has 3 rings (SSSR count). The van der Waals surface area contributed by atoms with Crippen LogP contribution in [0.5, 0.6) is 0 Å². The number of nitrogens with zero attached hydrogens (tertiary/aromatic N) is 5. The summed E-state index contributed by atoms with van der Waals surface area (Å²) in [5, 5.41) is 20.8. The maximum Gasteiger partial charge on any atom is 0.281 e. The molecule has 0 spiro atoms. The summed E-state index contributed by atoms with van der Waals surface area (Å²) in [7, 11) is 0. The first kappa shape index (κ1) is 12.3. The molecular formula is C12H12N6O2. The fourth-order valence-corrected chi connectivity index (χ4v) is 2.02. The van der Waals surface area contributed by atoms with Gasteiger partial charge in [-0.15, -0.1) is 10.2 Å². The van der Waals surface area contributed by atoms with E-state index in [9.17, 15) is 4.79 Å². The SMILES string of the molecule is Nc1ccccc1-c1nn2cnnc2n(CCO)c1=O. The number of hydrogen-bond donors (Lipinski definition) is 2. The van der Waals surface area contributed by atoms with E-state index >= 15 is 0 Å². The molecule has 0 aliphatic heterocycles. The molecule has 102 valence electrons. The van der Waals surface area contributed by atoms with Crippen LogP contribution in [-0.4, -0.2) is 36.1 Å². The lowest BCUT2D eigenvalue weighted by Crippen LogP contribution is -2.27. The number of rotatable bonds is 3. The van der Waals surface area contributed by atoms with E-state index in [1.54, 1.807) is 24.3 Å². The Labute approximate surface area is 113 Å². The van der Waals surface area contributed by atoms with Gasteiger partial charge in [0.15, 0.2) is 5.69 Å². The highest BCUT2D eigenvalue weighted by atomic mass is 16.3. The summed E-state index contributed by atoms with van der Waals surface area (Å²) in [6, 6.07) is 6.98. The molecule has 0 fully saturated rings. The predicted octanol–water partition coefficient (Wildman–Crippen LogP) is -0.473. The van der Waals surface area contributed by atoms with Gasteiger partial charge in [-0.2, -0.15) is 9.61 Å². The third-order valence-corrected chi connectivity index (χ3v) is 2.95. The van der Waals surface area contributed by atoms with Gasteiger partial charge in [0, 0.05) is 11.3 Å². The number of para-hydroxylation sites is 1. The molecule has 0 bridgehead atoms. The zero-order chi connectivity index (χ0) is 14.1. The first-order valence-electron chi connectivity index (χ1n) is 5.99. The molecular weight excluding hydrogens is 260 g/mol. The number of anilines is 1. The van der Waals surface area contributed by atoms with Crippen molar-refractivity contribution < 1.29 is 5.11 Å². The molecule has 0 aliphatic rings. The van der Waals surface area contributed by atoms with Crippen molar-refractivity contribution in [2.24, 2.45) is 0 Å². The fourth-order valence-electron chi connectivity index (χ4n) is 2.02. The highest BCUT2D eigenvalue weighted by Crippen LogP contribution is 2.20. The molecule has 2 aromatic heterocycles. The van der Waals surface area contributed by atoms with Crippen molar-refractivity contribution in [3.05, 3.63) is 40.9 Å². The fraction of sp³-hybridized carbons (Fsp3) is 0.167. The highest BCUT2D eigenvalue weighted by Gasteiger charge is 2.15. The number of benzene rings is 1. The Bertz CT molecular complexity index is 822. The average molecular weight is 272 g/mol. The van der Waals surface area contributed by atoms with Gasteiger partial charge in [-0.25, -0.2) is 0 Å². The van der Waals surface area contributed by atoms with Gasteiger partial charge in [0.05, 0.1) is 13.2 Å². The second kappa shape index (κ2) is 4.74. The van der Waals surface area contributed by atoms with Crippen LogP contribution < -0.4 is 11.3 Å². The van der Waals surface area contributed by atoms with Crippen molar-refractivity contribution in [1.29, 1.82) is 0 Å². The van der Waals surface area contributed by atoms with Crippen LogP contribution in [0.1, 0.15) is 0 Å². The van der Waals surface area contributed by atoms with Crippen molar-refractivity contribution in [1.82, 2.24) is 24.4 Å². The number of fused-ring (bicyclic) bond motifs is 1. The Hall–Kier alpha value is -2.74. The summed E-state index contributed by atoms with van der Waals surface area (Å²) in [4.78, 5) is 12.5. The van der Waals surface area contributed by atoms with E-state index in [4.69, 9.17) is 10.8 Å². The zero-order valence-corrected chi connectivity index (χ0v) is 10.5. The van der Waals surface area contributed by atoms with E-state index < -0.39 is 0 Å². The number of aliphatic hydroxyl groups is 1. The minimum atomic E-state index is -0.363. The maximum absolute atomic E-state index is 12.5. The molecule has 8 nitrogen and oxygen atoms in total. The highest BCUT2D eigenvalue weighted by molar-refractivity contribution is 5.72. The van der Waals surface area contributed by atoms with Gasteiger partial charge in [-0.3, -0.25) is 9.36 Å². The average Bonchev–Trinajstić information content (AvgIpc) is 2.91.